The number of hydrogen-bond acceptors (Lipinski definition) is 4. The van der Waals surface area contributed by atoms with Crippen LogP contribution in [0.4, 0.5) is 18.0 Å². The fourth-order valence-electron chi connectivity index (χ4n) is 1.59. The van der Waals surface area contributed by atoms with Gasteiger partial charge in [-0.15, -0.1) is 0 Å². The van der Waals surface area contributed by atoms with Crippen molar-refractivity contribution in [3.63, 3.8) is 0 Å². The summed E-state index contributed by atoms with van der Waals surface area (Å²) in [4.78, 5) is 14.8. The predicted molar refractivity (Wildman–Crippen MR) is 57.3 cm³/mol. The first-order valence-corrected chi connectivity index (χ1v) is 4.96. The molecule has 0 radical (unpaired) electrons. The Morgan fingerprint density at radius 3 is 2.68 bits per heavy atom. The summed E-state index contributed by atoms with van der Waals surface area (Å²) in [7, 11) is 1.08. The Morgan fingerprint density at radius 1 is 1.47 bits per heavy atom. The summed E-state index contributed by atoms with van der Waals surface area (Å²) in [6, 6.07) is 3.63. The number of alkyl halides is 3. The maximum Gasteiger partial charge on any atom is 0.433 e. The smallest absolute Gasteiger partial charge is 0.433 e. The molecule has 0 aliphatic heterocycles. The zero-order valence-electron chi connectivity index (χ0n) is 9.52. The van der Waals surface area contributed by atoms with Gasteiger partial charge in [-0.3, -0.25) is 0 Å². The third kappa shape index (κ3) is 2.10. The molecule has 0 aliphatic rings. The summed E-state index contributed by atoms with van der Waals surface area (Å²) in [5, 5.41) is 9.02. The summed E-state index contributed by atoms with van der Waals surface area (Å²) in [5.41, 5.74) is -1.37. The van der Waals surface area contributed by atoms with E-state index in [-0.39, 0.29) is 16.6 Å². The van der Waals surface area contributed by atoms with Gasteiger partial charge in [0, 0.05) is 11.6 Å². The molecule has 2 heterocycles. The van der Waals surface area contributed by atoms with Crippen molar-refractivity contribution in [1.82, 2.24) is 9.55 Å². The van der Waals surface area contributed by atoms with Crippen LogP contribution < -0.4 is 0 Å². The molecule has 0 aromatic carbocycles. The zero-order valence-corrected chi connectivity index (χ0v) is 9.52. The van der Waals surface area contributed by atoms with Gasteiger partial charge in [0.1, 0.15) is 11.8 Å². The molecule has 8 heteroatoms. The molecular weight excluding hydrogens is 263 g/mol. The minimum atomic E-state index is -4.63. The third-order valence-corrected chi connectivity index (χ3v) is 2.43. The highest BCUT2D eigenvalue weighted by Gasteiger charge is 2.33. The van der Waals surface area contributed by atoms with E-state index in [1.54, 1.807) is 6.07 Å². The van der Waals surface area contributed by atoms with E-state index in [1.165, 1.54) is 0 Å². The van der Waals surface area contributed by atoms with E-state index in [2.05, 4.69) is 9.72 Å². The van der Waals surface area contributed by atoms with E-state index in [0.717, 1.165) is 30.0 Å². The van der Waals surface area contributed by atoms with Crippen LogP contribution in [0.1, 0.15) is 11.3 Å². The van der Waals surface area contributed by atoms with Crippen molar-refractivity contribution in [3.8, 4) is 6.07 Å². The van der Waals surface area contributed by atoms with E-state index < -0.39 is 18.0 Å². The molecule has 0 bridgehead atoms. The van der Waals surface area contributed by atoms with Crippen LogP contribution in [0.15, 0.2) is 18.3 Å². The lowest BCUT2D eigenvalue weighted by atomic mass is 10.2. The molecule has 2 aromatic heterocycles. The maximum absolute atomic E-state index is 12.6. The number of halogens is 3. The molecule has 19 heavy (non-hydrogen) atoms. The fourth-order valence-corrected chi connectivity index (χ4v) is 1.59. The first-order valence-electron chi connectivity index (χ1n) is 4.96. The van der Waals surface area contributed by atoms with Crippen molar-refractivity contribution in [2.45, 2.75) is 6.18 Å². The number of carbonyl (C=O) groups is 1. The molecule has 0 amide bonds. The van der Waals surface area contributed by atoms with Crippen LogP contribution in [0.2, 0.25) is 0 Å². The number of rotatable bonds is 0. The van der Waals surface area contributed by atoms with Gasteiger partial charge in [-0.05, 0) is 12.1 Å². The molecule has 0 N–H and O–H groups in total. The van der Waals surface area contributed by atoms with Crippen molar-refractivity contribution in [2.24, 2.45) is 0 Å². The van der Waals surface area contributed by atoms with Gasteiger partial charge in [0.05, 0.1) is 12.7 Å². The van der Waals surface area contributed by atoms with E-state index in [1.807, 2.05) is 0 Å². The van der Waals surface area contributed by atoms with Gasteiger partial charge in [-0.1, -0.05) is 0 Å². The van der Waals surface area contributed by atoms with Crippen molar-refractivity contribution < 1.29 is 22.7 Å². The minimum absolute atomic E-state index is 0.0432. The molecule has 0 saturated heterocycles. The summed E-state index contributed by atoms with van der Waals surface area (Å²) >= 11 is 0. The van der Waals surface area contributed by atoms with Gasteiger partial charge >= 0.3 is 12.3 Å². The van der Waals surface area contributed by atoms with Gasteiger partial charge in [0.2, 0.25) is 0 Å². The first kappa shape index (κ1) is 12.9. The monoisotopic (exact) mass is 269 g/mol. The highest BCUT2D eigenvalue weighted by atomic mass is 19.4. The van der Waals surface area contributed by atoms with Gasteiger partial charge in [0.15, 0.2) is 5.65 Å². The summed E-state index contributed by atoms with van der Waals surface area (Å²) in [6.07, 6.45) is -4.46. The van der Waals surface area contributed by atoms with E-state index in [4.69, 9.17) is 5.26 Å². The number of fused-ring (bicyclic) bond motifs is 1. The molecule has 0 fully saturated rings. The lowest BCUT2D eigenvalue weighted by molar-refractivity contribution is -0.141. The molecule has 2 rings (SSSR count). The van der Waals surface area contributed by atoms with E-state index in [9.17, 15) is 18.0 Å². The second-order valence-electron chi connectivity index (χ2n) is 3.56. The van der Waals surface area contributed by atoms with Crippen LogP contribution in [0, 0.1) is 11.3 Å². The third-order valence-electron chi connectivity index (χ3n) is 2.43. The van der Waals surface area contributed by atoms with Gasteiger partial charge in [0.25, 0.3) is 0 Å². The Balaban J connectivity index is 2.76. The average Bonchev–Trinajstić information content (AvgIpc) is 2.74. The second kappa shape index (κ2) is 4.28. The van der Waals surface area contributed by atoms with Crippen LogP contribution in [0.5, 0.6) is 0 Å². The maximum atomic E-state index is 12.6. The van der Waals surface area contributed by atoms with Gasteiger partial charge in [-0.25, -0.2) is 14.3 Å². The Labute approximate surface area is 104 Å². The molecule has 98 valence electrons. The number of ether oxygens (including phenoxy) is 1. The largest absolute Gasteiger partial charge is 0.452 e. The van der Waals surface area contributed by atoms with E-state index >= 15 is 0 Å². The zero-order chi connectivity index (χ0) is 14.2. The standard InChI is InChI=1S/C11H6F3N3O2/c1-19-10(18)17-5-6(4-15)7-2-3-8(11(12,13)14)16-9(7)17/h2-3,5H,1H3. The van der Waals surface area contributed by atoms with Crippen molar-refractivity contribution in [2.75, 3.05) is 7.11 Å². The highest BCUT2D eigenvalue weighted by molar-refractivity contribution is 5.91. The topological polar surface area (TPSA) is 67.9 Å². The number of hydrogen-bond donors (Lipinski definition) is 0. The lowest BCUT2D eigenvalue weighted by Gasteiger charge is -2.06. The number of methoxy groups -OCH3 is 1. The molecule has 0 spiro atoms. The van der Waals surface area contributed by atoms with Crippen molar-refractivity contribution in [3.05, 3.63) is 29.6 Å². The quantitative estimate of drug-likeness (QED) is 0.737. The number of nitrogens with zero attached hydrogens (tertiary/aromatic N) is 3. The van der Waals surface area contributed by atoms with Crippen LogP contribution in [-0.2, 0) is 10.9 Å². The van der Waals surface area contributed by atoms with Crippen LogP contribution in [-0.4, -0.2) is 22.8 Å². The number of nitriles is 1. The highest BCUT2D eigenvalue weighted by Crippen LogP contribution is 2.30. The van der Waals surface area contributed by atoms with E-state index in [0.29, 0.717) is 0 Å². The van der Waals surface area contributed by atoms with Crippen LogP contribution in [0.25, 0.3) is 11.0 Å². The Morgan fingerprint density at radius 2 is 2.16 bits per heavy atom. The first-order chi connectivity index (χ1) is 8.88. The normalized spacial score (nSPS) is 11.3. The van der Waals surface area contributed by atoms with Crippen LogP contribution >= 0.6 is 0 Å². The molecule has 0 saturated carbocycles. The Bertz CT molecular complexity index is 697. The minimum Gasteiger partial charge on any atom is -0.452 e. The number of carbonyl (C=O) groups excluding carboxylic acids is 1. The summed E-state index contributed by atoms with van der Waals surface area (Å²) in [5.74, 6) is 0. The van der Waals surface area contributed by atoms with Crippen LogP contribution in [0.3, 0.4) is 0 Å². The SMILES string of the molecule is COC(=O)n1cc(C#N)c2ccc(C(F)(F)F)nc21. The van der Waals surface area contributed by atoms with Gasteiger partial charge < -0.3 is 4.74 Å². The summed E-state index contributed by atoms with van der Waals surface area (Å²) in [6.45, 7) is 0. The van der Waals surface area contributed by atoms with Crippen molar-refractivity contribution in [1.29, 1.82) is 5.26 Å². The summed E-state index contributed by atoms with van der Waals surface area (Å²) < 4.78 is 42.9. The molecule has 5 nitrogen and oxygen atoms in total. The number of aromatic nitrogens is 2. The molecule has 2 aromatic rings. The average molecular weight is 269 g/mol. The second-order valence-corrected chi connectivity index (χ2v) is 3.56. The Hall–Kier alpha value is -2.56. The van der Waals surface area contributed by atoms with Gasteiger partial charge in [-0.2, -0.15) is 18.4 Å². The molecule has 0 aliphatic carbocycles. The molecular formula is C11H6F3N3O2. The molecule has 0 atom stereocenters. The van der Waals surface area contributed by atoms with Crippen molar-refractivity contribution >= 4 is 17.1 Å². The Kier molecular flexibility index (Phi) is 2.90. The fraction of sp³-hybridized carbons (Fsp3) is 0.182. The predicted octanol–water partition coefficient (Wildman–Crippen LogP) is 2.54. The number of pyridine rings is 1. The molecule has 0 unspecified atom stereocenters. The lowest BCUT2D eigenvalue weighted by Crippen LogP contribution is -2.13.